The highest BCUT2D eigenvalue weighted by Crippen LogP contribution is 2.28. The molecule has 1 aromatic carbocycles. The van der Waals surface area contributed by atoms with Crippen molar-refractivity contribution < 1.29 is 14.3 Å². The van der Waals surface area contributed by atoms with Crippen LogP contribution in [0.25, 0.3) is 0 Å². The van der Waals surface area contributed by atoms with Crippen molar-refractivity contribution >= 4 is 11.6 Å². The molecule has 1 N–H and O–H groups in total. The summed E-state index contributed by atoms with van der Waals surface area (Å²) in [6, 6.07) is 5.17. The second-order valence-electron chi connectivity index (χ2n) is 5.78. The lowest BCUT2D eigenvalue weighted by atomic mass is 10.2. The Labute approximate surface area is 148 Å². The number of carbonyl (C=O) groups is 1. The van der Waals surface area contributed by atoms with Gasteiger partial charge in [-0.15, -0.1) is 0 Å². The van der Waals surface area contributed by atoms with Gasteiger partial charge in [-0.25, -0.2) is 0 Å². The third kappa shape index (κ3) is 5.49. The predicted octanol–water partition coefficient (Wildman–Crippen LogP) is 2.49. The monoisotopic (exact) mass is 346 g/mol. The maximum Gasteiger partial charge on any atom is 0.255 e. The van der Waals surface area contributed by atoms with Crippen molar-refractivity contribution in [1.82, 2.24) is 14.7 Å². The van der Waals surface area contributed by atoms with Crippen LogP contribution in [0.4, 0.5) is 5.69 Å². The highest BCUT2D eigenvalue weighted by atomic mass is 16.5. The van der Waals surface area contributed by atoms with Crippen LogP contribution < -0.4 is 14.8 Å². The Morgan fingerprint density at radius 3 is 2.60 bits per heavy atom. The van der Waals surface area contributed by atoms with E-state index < -0.39 is 0 Å². The van der Waals surface area contributed by atoms with Gasteiger partial charge in [-0.2, -0.15) is 5.10 Å². The number of rotatable bonds is 9. The van der Waals surface area contributed by atoms with Gasteiger partial charge in [0.05, 0.1) is 31.6 Å². The molecule has 2 rings (SSSR count). The fourth-order valence-electron chi connectivity index (χ4n) is 2.25. The zero-order chi connectivity index (χ0) is 18.2. The van der Waals surface area contributed by atoms with E-state index in [-0.39, 0.29) is 5.91 Å². The van der Waals surface area contributed by atoms with Gasteiger partial charge < -0.3 is 19.7 Å². The first kappa shape index (κ1) is 18.8. The zero-order valence-corrected chi connectivity index (χ0v) is 15.3. The van der Waals surface area contributed by atoms with Crippen LogP contribution in [0, 0.1) is 0 Å². The van der Waals surface area contributed by atoms with Crippen LogP contribution in [-0.4, -0.2) is 54.4 Å². The number of anilines is 1. The van der Waals surface area contributed by atoms with E-state index in [1.54, 1.807) is 29.1 Å². The molecule has 7 nitrogen and oxygen atoms in total. The third-order valence-electron chi connectivity index (χ3n) is 3.47. The normalized spacial score (nSPS) is 10.8. The largest absolute Gasteiger partial charge is 0.490 e. The molecule has 25 heavy (non-hydrogen) atoms. The van der Waals surface area contributed by atoms with Crippen molar-refractivity contribution in [1.29, 1.82) is 0 Å². The average molecular weight is 346 g/mol. The van der Waals surface area contributed by atoms with Crippen molar-refractivity contribution in [2.45, 2.75) is 20.4 Å². The zero-order valence-electron chi connectivity index (χ0n) is 15.3. The van der Waals surface area contributed by atoms with E-state index in [1.807, 2.05) is 34.1 Å². The van der Waals surface area contributed by atoms with Crippen LogP contribution in [0.15, 0.2) is 30.6 Å². The Morgan fingerprint density at radius 1 is 1.20 bits per heavy atom. The van der Waals surface area contributed by atoms with E-state index in [9.17, 15) is 4.79 Å². The lowest BCUT2D eigenvalue weighted by molar-refractivity contribution is 0.102. The number of hydrogen-bond acceptors (Lipinski definition) is 5. The maximum absolute atomic E-state index is 12.5. The molecule has 0 radical (unpaired) electrons. The average Bonchev–Trinajstić information content (AvgIpc) is 3.02. The number of carbonyl (C=O) groups excluding carboxylic acids is 1. The molecule has 7 heteroatoms. The second kappa shape index (κ2) is 9.08. The van der Waals surface area contributed by atoms with E-state index >= 15 is 0 Å². The smallest absolute Gasteiger partial charge is 0.255 e. The SMILES string of the molecule is CCOc1ccc(C(=O)Nc2cnn(CCN(C)C)c2)cc1OCC. The first-order chi connectivity index (χ1) is 12.0. The number of nitrogens with one attached hydrogen (secondary N) is 1. The van der Waals surface area contributed by atoms with Gasteiger partial charge in [0, 0.05) is 18.3 Å². The molecule has 1 heterocycles. The summed E-state index contributed by atoms with van der Waals surface area (Å²) in [6.07, 6.45) is 3.46. The summed E-state index contributed by atoms with van der Waals surface area (Å²) in [5, 5.41) is 7.11. The summed E-state index contributed by atoms with van der Waals surface area (Å²) in [5.41, 5.74) is 1.17. The van der Waals surface area contributed by atoms with Gasteiger partial charge in [-0.1, -0.05) is 0 Å². The summed E-state index contributed by atoms with van der Waals surface area (Å²) in [5.74, 6) is 0.993. The molecule has 0 spiro atoms. The van der Waals surface area contributed by atoms with E-state index in [1.165, 1.54) is 0 Å². The molecule has 0 fully saturated rings. The van der Waals surface area contributed by atoms with Crippen molar-refractivity contribution in [3.63, 3.8) is 0 Å². The Morgan fingerprint density at radius 2 is 1.92 bits per heavy atom. The predicted molar refractivity (Wildman–Crippen MR) is 97.5 cm³/mol. The van der Waals surface area contributed by atoms with Crippen molar-refractivity contribution in [3.05, 3.63) is 36.2 Å². The van der Waals surface area contributed by atoms with Gasteiger partial charge in [-0.05, 0) is 46.1 Å². The number of ether oxygens (including phenoxy) is 2. The van der Waals surface area contributed by atoms with Crippen molar-refractivity contribution in [3.8, 4) is 11.5 Å². The molecule has 1 aromatic heterocycles. The highest BCUT2D eigenvalue weighted by Gasteiger charge is 2.12. The number of hydrogen-bond donors (Lipinski definition) is 1. The molecule has 0 bridgehead atoms. The Bertz CT molecular complexity index is 697. The van der Waals surface area contributed by atoms with Gasteiger partial charge in [0.25, 0.3) is 5.91 Å². The van der Waals surface area contributed by atoms with Gasteiger partial charge >= 0.3 is 0 Å². The molecule has 0 aliphatic rings. The molecule has 0 aliphatic heterocycles. The minimum Gasteiger partial charge on any atom is -0.490 e. The molecular formula is C18H26N4O3. The standard InChI is InChI=1S/C18H26N4O3/c1-5-24-16-8-7-14(11-17(16)25-6-2)18(23)20-15-12-19-22(13-15)10-9-21(3)4/h7-8,11-13H,5-6,9-10H2,1-4H3,(H,20,23). The van der Waals surface area contributed by atoms with E-state index in [2.05, 4.69) is 15.3 Å². The molecule has 0 aliphatic carbocycles. The van der Waals surface area contributed by atoms with Gasteiger partial charge in [-0.3, -0.25) is 9.48 Å². The Kier molecular flexibility index (Phi) is 6.82. The first-order valence-corrected chi connectivity index (χ1v) is 8.41. The molecule has 2 aromatic rings. The summed E-state index contributed by atoms with van der Waals surface area (Å²) in [4.78, 5) is 14.5. The number of likely N-dealkylation sites (N-methyl/N-ethyl adjacent to an activating group) is 1. The van der Waals surface area contributed by atoms with Crippen molar-refractivity contribution in [2.24, 2.45) is 0 Å². The van der Waals surface area contributed by atoms with Gasteiger partial charge in [0.1, 0.15) is 0 Å². The Balaban J connectivity index is 2.06. The van der Waals surface area contributed by atoms with Gasteiger partial charge in [0.2, 0.25) is 0 Å². The molecule has 136 valence electrons. The summed E-state index contributed by atoms with van der Waals surface area (Å²) in [7, 11) is 4.02. The van der Waals surface area contributed by atoms with Crippen molar-refractivity contribution in [2.75, 3.05) is 39.2 Å². The van der Waals surface area contributed by atoms with Crippen LogP contribution in [0.5, 0.6) is 11.5 Å². The summed E-state index contributed by atoms with van der Waals surface area (Å²) >= 11 is 0. The van der Waals surface area contributed by atoms with Crippen LogP contribution >= 0.6 is 0 Å². The second-order valence-corrected chi connectivity index (χ2v) is 5.78. The third-order valence-corrected chi connectivity index (χ3v) is 3.47. The fourth-order valence-corrected chi connectivity index (χ4v) is 2.25. The number of amides is 1. The van der Waals surface area contributed by atoms with E-state index in [4.69, 9.17) is 9.47 Å². The first-order valence-electron chi connectivity index (χ1n) is 8.41. The fraction of sp³-hybridized carbons (Fsp3) is 0.444. The van der Waals surface area contributed by atoms with Crippen LogP contribution in [-0.2, 0) is 6.54 Å². The molecule has 0 atom stereocenters. The van der Waals surface area contributed by atoms with Gasteiger partial charge in [0.15, 0.2) is 11.5 Å². The maximum atomic E-state index is 12.5. The quantitative estimate of drug-likeness (QED) is 0.755. The number of nitrogens with zero attached hydrogens (tertiary/aromatic N) is 3. The van der Waals surface area contributed by atoms with Crippen LogP contribution in [0.2, 0.25) is 0 Å². The highest BCUT2D eigenvalue weighted by molar-refractivity contribution is 6.04. The lowest BCUT2D eigenvalue weighted by Crippen LogP contribution is -2.18. The topological polar surface area (TPSA) is 68.6 Å². The molecule has 0 unspecified atom stereocenters. The minimum absolute atomic E-state index is 0.212. The summed E-state index contributed by atoms with van der Waals surface area (Å²) in [6.45, 7) is 6.49. The van der Waals surface area contributed by atoms with E-state index in [0.29, 0.717) is 36.0 Å². The minimum atomic E-state index is -0.212. The number of aromatic nitrogens is 2. The Hall–Kier alpha value is -2.54. The van der Waals surface area contributed by atoms with Crippen LogP contribution in [0.1, 0.15) is 24.2 Å². The lowest BCUT2D eigenvalue weighted by Gasteiger charge is -2.12. The van der Waals surface area contributed by atoms with E-state index in [0.717, 1.165) is 13.1 Å². The number of benzene rings is 1. The summed E-state index contributed by atoms with van der Waals surface area (Å²) < 4.78 is 12.9. The van der Waals surface area contributed by atoms with Crippen LogP contribution in [0.3, 0.4) is 0 Å². The molecule has 0 saturated heterocycles. The molecule has 0 saturated carbocycles. The molecule has 1 amide bonds. The molecular weight excluding hydrogens is 320 g/mol.